The number of benzene rings is 1. The second-order valence-electron chi connectivity index (χ2n) is 6.65. The average Bonchev–Trinajstić information content (AvgIpc) is 3.37. The van der Waals surface area contributed by atoms with Crippen LogP contribution >= 0.6 is 11.6 Å². The lowest BCUT2D eigenvalue weighted by molar-refractivity contribution is -0.142. The van der Waals surface area contributed by atoms with Gasteiger partial charge in [-0.05, 0) is 31.2 Å². The quantitative estimate of drug-likeness (QED) is 0.496. The lowest BCUT2D eigenvalue weighted by atomic mass is 10.1. The number of aromatic nitrogens is 5. The van der Waals surface area contributed by atoms with Crippen LogP contribution in [-0.4, -0.2) is 30.3 Å². The number of hydrogen-bond acceptors (Lipinski definition) is 4. The molecular weight excluding hydrogens is 433 g/mol. The van der Waals surface area contributed by atoms with E-state index in [1.165, 1.54) is 6.07 Å². The van der Waals surface area contributed by atoms with E-state index in [2.05, 4.69) is 20.5 Å². The fourth-order valence-corrected chi connectivity index (χ4v) is 3.24. The van der Waals surface area contributed by atoms with Crippen LogP contribution in [0.5, 0.6) is 0 Å². The first-order valence-electron chi connectivity index (χ1n) is 9.29. The molecule has 31 heavy (non-hydrogen) atoms. The topological polar surface area (TPSA) is 77.1 Å². The van der Waals surface area contributed by atoms with Gasteiger partial charge in [-0.15, -0.1) is 0 Å². The van der Waals surface area contributed by atoms with Crippen molar-refractivity contribution in [3.8, 4) is 11.3 Å². The summed E-state index contributed by atoms with van der Waals surface area (Å²) in [6.45, 7) is 2.69. The number of aryl methyl sites for hydroxylation is 1. The molecule has 0 unspecified atom stereocenters. The van der Waals surface area contributed by atoms with E-state index in [4.69, 9.17) is 11.6 Å². The Hall–Kier alpha value is -3.40. The van der Waals surface area contributed by atoms with Crippen LogP contribution in [0.25, 0.3) is 16.9 Å². The second kappa shape index (κ2) is 8.03. The van der Waals surface area contributed by atoms with Gasteiger partial charge in [-0.3, -0.25) is 9.48 Å². The summed E-state index contributed by atoms with van der Waals surface area (Å²) in [4.78, 5) is 16.8. The minimum Gasteiger partial charge on any atom is -0.345 e. The van der Waals surface area contributed by atoms with E-state index in [-0.39, 0.29) is 23.6 Å². The SMILES string of the molecule is CCn1nccc1CNC(=O)c1cc2nc(-c3ccc(Cl)cc3)cc(C(F)(F)F)n2n1. The number of nitrogens with zero attached hydrogens (tertiary/aromatic N) is 5. The van der Waals surface area contributed by atoms with Crippen molar-refractivity contribution in [1.29, 1.82) is 0 Å². The Labute approximate surface area is 179 Å². The van der Waals surface area contributed by atoms with Gasteiger partial charge in [0, 0.05) is 29.4 Å². The minimum absolute atomic E-state index is 0.0928. The monoisotopic (exact) mass is 448 g/mol. The summed E-state index contributed by atoms with van der Waals surface area (Å²) in [6.07, 6.45) is -3.09. The second-order valence-corrected chi connectivity index (χ2v) is 7.09. The molecule has 0 atom stereocenters. The maximum atomic E-state index is 13.7. The summed E-state index contributed by atoms with van der Waals surface area (Å²) in [6, 6.07) is 10.1. The van der Waals surface area contributed by atoms with Crippen LogP contribution in [0.3, 0.4) is 0 Å². The molecular formula is C20H16ClF3N6O. The number of rotatable bonds is 5. The van der Waals surface area contributed by atoms with Crippen molar-refractivity contribution in [3.63, 3.8) is 0 Å². The van der Waals surface area contributed by atoms with Crippen LogP contribution in [-0.2, 0) is 19.3 Å². The van der Waals surface area contributed by atoms with Gasteiger partial charge in [0.25, 0.3) is 5.91 Å². The van der Waals surface area contributed by atoms with Crippen molar-refractivity contribution >= 4 is 23.2 Å². The summed E-state index contributed by atoms with van der Waals surface area (Å²) in [5.74, 6) is -0.615. The molecule has 0 aliphatic rings. The van der Waals surface area contributed by atoms with E-state index < -0.39 is 17.8 Å². The van der Waals surface area contributed by atoms with E-state index >= 15 is 0 Å². The molecule has 3 heterocycles. The van der Waals surface area contributed by atoms with Crippen LogP contribution in [0.2, 0.25) is 5.02 Å². The highest BCUT2D eigenvalue weighted by atomic mass is 35.5. The fourth-order valence-electron chi connectivity index (χ4n) is 3.11. The number of nitrogens with one attached hydrogen (secondary N) is 1. The van der Waals surface area contributed by atoms with E-state index in [9.17, 15) is 18.0 Å². The molecule has 0 spiro atoms. The molecule has 1 N–H and O–H groups in total. The van der Waals surface area contributed by atoms with Gasteiger partial charge in [-0.25, -0.2) is 9.50 Å². The molecule has 4 rings (SSSR count). The maximum Gasteiger partial charge on any atom is 0.433 e. The Morgan fingerprint density at radius 1 is 1.16 bits per heavy atom. The summed E-state index contributed by atoms with van der Waals surface area (Å²) >= 11 is 5.86. The molecule has 0 fully saturated rings. The molecule has 1 aromatic carbocycles. The van der Waals surface area contributed by atoms with Gasteiger partial charge >= 0.3 is 6.18 Å². The third-order valence-corrected chi connectivity index (χ3v) is 4.88. The third kappa shape index (κ3) is 4.24. The van der Waals surface area contributed by atoms with Crippen LogP contribution in [0.15, 0.2) is 48.7 Å². The van der Waals surface area contributed by atoms with Crippen molar-refractivity contribution in [2.45, 2.75) is 26.2 Å². The maximum absolute atomic E-state index is 13.7. The van der Waals surface area contributed by atoms with Crippen molar-refractivity contribution < 1.29 is 18.0 Å². The van der Waals surface area contributed by atoms with Crippen molar-refractivity contribution in [2.24, 2.45) is 0 Å². The predicted molar refractivity (Wildman–Crippen MR) is 108 cm³/mol. The average molecular weight is 449 g/mol. The van der Waals surface area contributed by atoms with E-state index in [0.717, 1.165) is 11.8 Å². The van der Waals surface area contributed by atoms with Crippen molar-refractivity contribution in [3.05, 3.63) is 70.8 Å². The van der Waals surface area contributed by atoms with Gasteiger partial charge in [-0.1, -0.05) is 23.7 Å². The number of carbonyl (C=O) groups excluding carboxylic acids is 1. The van der Waals surface area contributed by atoms with E-state index in [1.54, 1.807) is 41.2 Å². The number of halogens is 4. The van der Waals surface area contributed by atoms with E-state index in [1.807, 2.05) is 6.92 Å². The lowest BCUT2D eigenvalue weighted by Gasteiger charge is -2.11. The van der Waals surface area contributed by atoms with Gasteiger partial charge in [0.1, 0.15) is 0 Å². The van der Waals surface area contributed by atoms with E-state index in [0.29, 0.717) is 21.6 Å². The first-order valence-corrected chi connectivity index (χ1v) is 9.67. The number of hydrogen-bond donors (Lipinski definition) is 1. The minimum atomic E-state index is -4.70. The summed E-state index contributed by atoms with van der Waals surface area (Å²) in [5.41, 5.74) is 0.00859. The molecule has 0 saturated heterocycles. The fraction of sp³-hybridized carbons (Fsp3) is 0.200. The highest BCUT2D eigenvalue weighted by Crippen LogP contribution is 2.32. The van der Waals surface area contributed by atoms with Crippen LogP contribution in [0.4, 0.5) is 13.2 Å². The molecule has 160 valence electrons. The molecule has 0 saturated carbocycles. The van der Waals surface area contributed by atoms with Gasteiger partial charge in [0.15, 0.2) is 17.0 Å². The summed E-state index contributed by atoms with van der Waals surface area (Å²) in [5, 5.41) is 11.1. The van der Waals surface area contributed by atoms with Crippen LogP contribution < -0.4 is 5.32 Å². The Morgan fingerprint density at radius 2 is 1.90 bits per heavy atom. The zero-order valence-electron chi connectivity index (χ0n) is 16.2. The molecule has 0 radical (unpaired) electrons. The summed E-state index contributed by atoms with van der Waals surface area (Å²) < 4.78 is 43.4. The number of alkyl halides is 3. The molecule has 3 aromatic heterocycles. The zero-order chi connectivity index (χ0) is 22.2. The molecule has 7 nitrogen and oxygen atoms in total. The first-order chi connectivity index (χ1) is 14.8. The molecule has 0 bridgehead atoms. The third-order valence-electron chi connectivity index (χ3n) is 4.62. The predicted octanol–water partition coefficient (Wildman–Crippen LogP) is 4.21. The van der Waals surface area contributed by atoms with Crippen molar-refractivity contribution in [2.75, 3.05) is 0 Å². The number of fused-ring (bicyclic) bond motifs is 1. The largest absolute Gasteiger partial charge is 0.433 e. The summed E-state index contributed by atoms with van der Waals surface area (Å²) in [7, 11) is 0. The number of carbonyl (C=O) groups is 1. The Balaban J connectivity index is 1.70. The standard InChI is InChI=1S/C20H16ClF3N6O/c1-2-29-14(7-8-26-29)11-25-19(31)16-10-18-27-15(12-3-5-13(21)6-4-12)9-17(20(22,23)24)30(18)28-16/h3-10H,2,11H2,1H3,(H,25,31). The normalized spacial score (nSPS) is 11.8. The highest BCUT2D eigenvalue weighted by molar-refractivity contribution is 6.30. The Bertz CT molecular complexity index is 1250. The van der Waals surface area contributed by atoms with Crippen LogP contribution in [0, 0.1) is 0 Å². The number of amides is 1. The van der Waals surface area contributed by atoms with Crippen molar-refractivity contribution in [1.82, 2.24) is 29.7 Å². The Kier molecular flexibility index (Phi) is 5.40. The van der Waals surface area contributed by atoms with Gasteiger partial charge in [0.2, 0.25) is 0 Å². The highest BCUT2D eigenvalue weighted by Gasteiger charge is 2.35. The smallest absolute Gasteiger partial charge is 0.345 e. The molecule has 0 aliphatic heterocycles. The van der Waals surface area contributed by atoms with Crippen LogP contribution in [0.1, 0.15) is 28.8 Å². The first kappa shape index (κ1) is 20.9. The Morgan fingerprint density at radius 3 is 2.58 bits per heavy atom. The molecule has 0 aliphatic carbocycles. The molecule has 1 amide bonds. The van der Waals surface area contributed by atoms with Gasteiger partial charge in [0.05, 0.1) is 17.9 Å². The molecule has 4 aromatic rings. The zero-order valence-corrected chi connectivity index (χ0v) is 16.9. The van der Waals surface area contributed by atoms with Gasteiger partial charge < -0.3 is 5.32 Å². The van der Waals surface area contributed by atoms with Gasteiger partial charge in [-0.2, -0.15) is 23.4 Å². The molecule has 11 heteroatoms. The lowest BCUT2D eigenvalue weighted by Crippen LogP contribution is -2.25.